The lowest BCUT2D eigenvalue weighted by atomic mass is 10.1. The third-order valence-corrected chi connectivity index (χ3v) is 4.27. The summed E-state index contributed by atoms with van der Waals surface area (Å²) in [7, 11) is 1.70. The number of halogens is 4. The highest BCUT2D eigenvalue weighted by molar-refractivity contribution is 6.33. The molecule has 1 saturated carbocycles. The van der Waals surface area contributed by atoms with E-state index in [-0.39, 0.29) is 16.5 Å². The van der Waals surface area contributed by atoms with E-state index < -0.39 is 23.7 Å². The Labute approximate surface area is 140 Å². The second-order valence-electron chi connectivity index (χ2n) is 5.72. The van der Waals surface area contributed by atoms with E-state index in [4.69, 9.17) is 11.6 Å². The van der Waals surface area contributed by atoms with Crippen LogP contribution in [0.2, 0.25) is 5.02 Å². The molecule has 0 spiro atoms. The summed E-state index contributed by atoms with van der Waals surface area (Å²) in [5, 5.41) is 6.68. The summed E-state index contributed by atoms with van der Waals surface area (Å²) in [4.78, 5) is 16.6. The molecule has 1 atom stereocenters. The monoisotopic (exact) mass is 358 g/mol. The van der Waals surface area contributed by atoms with Crippen molar-refractivity contribution in [3.8, 4) is 0 Å². The summed E-state index contributed by atoms with van der Waals surface area (Å²) in [6.07, 6.45) is -1.35. The Kier molecular flexibility index (Phi) is 4.25. The van der Waals surface area contributed by atoms with E-state index in [1.807, 2.05) is 0 Å². The minimum absolute atomic E-state index is 0.0342. The maximum atomic E-state index is 12.8. The molecular weight excluding hydrogens is 345 g/mol. The normalized spacial score (nSPS) is 16.0. The van der Waals surface area contributed by atoms with Gasteiger partial charge in [0.05, 0.1) is 22.2 Å². The first kappa shape index (κ1) is 16.8. The number of aryl methyl sites for hydroxylation is 1. The number of benzene rings is 1. The molecule has 3 rings (SSSR count). The van der Waals surface area contributed by atoms with E-state index >= 15 is 0 Å². The van der Waals surface area contributed by atoms with Crippen LogP contribution in [0.15, 0.2) is 24.5 Å². The first-order valence-corrected chi connectivity index (χ1v) is 7.66. The zero-order valence-electron chi connectivity index (χ0n) is 12.6. The summed E-state index contributed by atoms with van der Waals surface area (Å²) in [6, 6.07) is 2.28. The van der Waals surface area contributed by atoms with E-state index in [1.54, 1.807) is 7.05 Å². The fourth-order valence-electron chi connectivity index (χ4n) is 2.50. The Bertz CT molecular complexity index is 770. The van der Waals surface area contributed by atoms with Gasteiger partial charge < -0.3 is 5.32 Å². The first-order chi connectivity index (χ1) is 11.3. The minimum atomic E-state index is -4.54. The molecule has 1 aliphatic carbocycles. The third kappa shape index (κ3) is 3.38. The fourth-order valence-corrected chi connectivity index (χ4v) is 2.71. The topological polar surface area (TPSA) is 59.8 Å². The van der Waals surface area contributed by atoms with Gasteiger partial charge in [0.25, 0.3) is 5.91 Å². The predicted molar refractivity (Wildman–Crippen MR) is 80.4 cm³/mol. The minimum Gasteiger partial charge on any atom is -0.342 e. The van der Waals surface area contributed by atoms with Crippen molar-refractivity contribution < 1.29 is 18.0 Å². The van der Waals surface area contributed by atoms with Crippen molar-refractivity contribution in [3.05, 3.63) is 46.5 Å². The molecule has 0 saturated heterocycles. The molecule has 0 unspecified atom stereocenters. The molecule has 1 aliphatic rings. The summed E-state index contributed by atoms with van der Waals surface area (Å²) in [5.74, 6) is 0.0985. The molecule has 128 valence electrons. The number of carbonyl (C=O) groups is 1. The molecule has 1 aromatic carbocycles. The number of hydrogen-bond acceptors (Lipinski definition) is 3. The number of amides is 1. The van der Waals surface area contributed by atoms with Gasteiger partial charge in [-0.2, -0.15) is 18.3 Å². The van der Waals surface area contributed by atoms with Crippen LogP contribution in [0.5, 0.6) is 0 Å². The number of carbonyl (C=O) groups excluding carboxylic acids is 1. The maximum Gasteiger partial charge on any atom is 0.416 e. The molecule has 0 aliphatic heterocycles. The Morgan fingerprint density at radius 3 is 2.67 bits per heavy atom. The average molecular weight is 359 g/mol. The molecule has 1 heterocycles. The van der Waals surface area contributed by atoms with Gasteiger partial charge in [-0.1, -0.05) is 11.6 Å². The lowest BCUT2D eigenvalue weighted by Gasteiger charge is -2.18. The quantitative estimate of drug-likeness (QED) is 0.911. The van der Waals surface area contributed by atoms with Crippen molar-refractivity contribution in [2.75, 3.05) is 0 Å². The second-order valence-corrected chi connectivity index (χ2v) is 6.13. The van der Waals surface area contributed by atoms with Gasteiger partial charge in [-0.25, -0.2) is 4.98 Å². The van der Waals surface area contributed by atoms with Crippen LogP contribution in [0, 0.1) is 5.92 Å². The largest absolute Gasteiger partial charge is 0.416 e. The van der Waals surface area contributed by atoms with Gasteiger partial charge in [0.2, 0.25) is 0 Å². The summed E-state index contributed by atoms with van der Waals surface area (Å²) in [5.41, 5.74) is -1.13. The number of hydrogen-bond donors (Lipinski definition) is 1. The fraction of sp³-hybridized carbons (Fsp3) is 0.400. The van der Waals surface area contributed by atoms with Crippen molar-refractivity contribution >= 4 is 17.5 Å². The zero-order valence-corrected chi connectivity index (χ0v) is 13.4. The molecular formula is C15H14ClF3N4O. The number of aromatic nitrogens is 3. The second kappa shape index (κ2) is 6.08. The van der Waals surface area contributed by atoms with Gasteiger partial charge in [0.1, 0.15) is 12.2 Å². The molecule has 0 bridgehead atoms. The SMILES string of the molecule is Cn1ncnc1[C@@H](NC(=O)c1cc(C(F)(F)F)ccc1Cl)C1CC1. The third-order valence-electron chi connectivity index (χ3n) is 3.94. The zero-order chi connectivity index (χ0) is 17.5. The van der Waals surface area contributed by atoms with Crippen LogP contribution in [0.3, 0.4) is 0 Å². The molecule has 9 heteroatoms. The van der Waals surface area contributed by atoms with E-state index in [2.05, 4.69) is 15.4 Å². The highest BCUT2D eigenvalue weighted by Crippen LogP contribution is 2.40. The van der Waals surface area contributed by atoms with Crippen molar-refractivity contribution in [1.82, 2.24) is 20.1 Å². The number of nitrogens with zero attached hydrogens (tertiary/aromatic N) is 3. The highest BCUT2D eigenvalue weighted by atomic mass is 35.5. The van der Waals surface area contributed by atoms with Crippen LogP contribution in [0.1, 0.15) is 40.6 Å². The standard InChI is InChI=1S/C15H14ClF3N4O/c1-23-13(20-7-21-23)12(8-2-3-8)22-14(24)10-6-9(15(17,18)19)4-5-11(10)16/h4-8,12H,2-3H2,1H3,(H,22,24)/t12-/m0/s1. The van der Waals surface area contributed by atoms with Crippen LogP contribution in [-0.2, 0) is 13.2 Å². The highest BCUT2D eigenvalue weighted by Gasteiger charge is 2.37. The maximum absolute atomic E-state index is 12.8. The Morgan fingerprint density at radius 2 is 2.12 bits per heavy atom. The smallest absolute Gasteiger partial charge is 0.342 e. The first-order valence-electron chi connectivity index (χ1n) is 7.29. The predicted octanol–water partition coefficient (Wildman–Crippen LogP) is 3.37. The molecule has 1 amide bonds. The molecule has 24 heavy (non-hydrogen) atoms. The van der Waals surface area contributed by atoms with Crippen LogP contribution >= 0.6 is 11.6 Å². The Morgan fingerprint density at radius 1 is 1.42 bits per heavy atom. The van der Waals surface area contributed by atoms with Gasteiger partial charge in [-0.05, 0) is 37.0 Å². The van der Waals surface area contributed by atoms with Crippen molar-refractivity contribution in [2.24, 2.45) is 13.0 Å². The molecule has 1 N–H and O–H groups in total. The van der Waals surface area contributed by atoms with E-state index in [0.29, 0.717) is 5.82 Å². The number of nitrogens with one attached hydrogen (secondary N) is 1. The van der Waals surface area contributed by atoms with Crippen LogP contribution < -0.4 is 5.32 Å². The van der Waals surface area contributed by atoms with Gasteiger partial charge in [0.15, 0.2) is 0 Å². The lowest BCUT2D eigenvalue weighted by molar-refractivity contribution is -0.137. The number of alkyl halides is 3. The van der Waals surface area contributed by atoms with Crippen LogP contribution in [0.25, 0.3) is 0 Å². The van der Waals surface area contributed by atoms with Crippen LogP contribution in [-0.4, -0.2) is 20.7 Å². The summed E-state index contributed by atoms with van der Waals surface area (Å²) in [6.45, 7) is 0. The van der Waals surface area contributed by atoms with E-state index in [1.165, 1.54) is 11.0 Å². The van der Waals surface area contributed by atoms with Crippen molar-refractivity contribution in [2.45, 2.75) is 25.1 Å². The Balaban J connectivity index is 1.87. The molecule has 1 fully saturated rings. The molecule has 0 radical (unpaired) electrons. The van der Waals surface area contributed by atoms with Crippen molar-refractivity contribution in [1.29, 1.82) is 0 Å². The van der Waals surface area contributed by atoms with Gasteiger partial charge in [-0.15, -0.1) is 0 Å². The van der Waals surface area contributed by atoms with E-state index in [0.717, 1.165) is 31.0 Å². The summed E-state index contributed by atoms with van der Waals surface area (Å²) >= 11 is 5.91. The molecule has 1 aromatic heterocycles. The Hall–Kier alpha value is -2.09. The molecule has 5 nitrogen and oxygen atoms in total. The van der Waals surface area contributed by atoms with Gasteiger partial charge >= 0.3 is 6.18 Å². The van der Waals surface area contributed by atoms with Crippen LogP contribution in [0.4, 0.5) is 13.2 Å². The van der Waals surface area contributed by atoms with Crippen molar-refractivity contribution in [3.63, 3.8) is 0 Å². The van der Waals surface area contributed by atoms with E-state index in [9.17, 15) is 18.0 Å². The lowest BCUT2D eigenvalue weighted by Crippen LogP contribution is -2.32. The molecule has 2 aromatic rings. The average Bonchev–Trinajstić information content (AvgIpc) is 3.26. The summed E-state index contributed by atoms with van der Waals surface area (Å²) < 4.78 is 40.1. The number of rotatable bonds is 4. The van der Waals surface area contributed by atoms with Gasteiger partial charge in [-0.3, -0.25) is 9.48 Å². The van der Waals surface area contributed by atoms with Gasteiger partial charge in [0, 0.05) is 7.05 Å².